The van der Waals surface area contributed by atoms with Crippen molar-refractivity contribution in [2.24, 2.45) is 0 Å². The van der Waals surface area contributed by atoms with Crippen LogP contribution in [0.3, 0.4) is 0 Å². The van der Waals surface area contributed by atoms with Gasteiger partial charge >= 0.3 is 12.1 Å². The molecule has 8 heteroatoms. The Morgan fingerprint density at radius 3 is 2.63 bits per heavy atom. The van der Waals surface area contributed by atoms with Gasteiger partial charge in [-0.15, -0.1) is 5.06 Å². The first-order valence-electron chi connectivity index (χ1n) is 5.30. The highest BCUT2D eigenvalue weighted by molar-refractivity contribution is 5.96. The minimum atomic E-state index is -5.16. The van der Waals surface area contributed by atoms with E-state index in [0.29, 0.717) is 17.2 Å². The number of halogens is 3. The second-order valence-corrected chi connectivity index (χ2v) is 3.80. The van der Waals surface area contributed by atoms with Gasteiger partial charge in [0.1, 0.15) is 0 Å². The number of amides is 1. The van der Waals surface area contributed by atoms with Crippen LogP contribution in [0.25, 0.3) is 0 Å². The van der Waals surface area contributed by atoms with Crippen molar-refractivity contribution in [1.29, 1.82) is 0 Å². The van der Waals surface area contributed by atoms with Gasteiger partial charge in [-0.25, -0.2) is 4.79 Å². The van der Waals surface area contributed by atoms with E-state index >= 15 is 0 Å². The summed E-state index contributed by atoms with van der Waals surface area (Å²) in [5, 5.41) is 3.11. The number of fused-ring (bicyclic) bond motifs is 1. The van der Waals surface area contributed by atoms with Gasteiger partial charge in [0.2, 0.25) is 0 Å². The molecule has 1 aliphatic heterocycles. The van der Waals surface area contributed by atoms with Gasteiger partial charge in [0.15, 0.2) is 0 Å². The number of benzene rings is 1. The minimum Gasteiger partial charge on any atom is -0.324 e. The van der Waals surface area contributed by atoms with Crippen LogP contribution in [-0.4, -0.2) is 24.6 Å². The standard InChI is InChI=1S/C11H9F3N2O3/c12-11(13,14)10(18)19-16-8-4-2-1-3-7(8)5-15-6-9(16)17/h1-4,15H,5-6H2. The summed E-state index contributed by atoms with van der Waals surface area (Å²) in [7, 11) is 0. The lowest BCUT2D eigenvalue weighted by molar-refractivity contribution is -0.201. The smallest absolute Gasteiger partial charge is 0.324 e. The van der Waals surface area contributed by atoms with Crippen LogP contribution in [0.2, 0.25) is 0 Å². The molecule has 2 rings (SSSR count). The largest absolute Gasteiger partial charge is 0.493 e. The SMILES string of the molecule is O=C1CNCc2ccccc2N1OC(=O)C(F)(F)F. The fourth-order valence-corrected chi connectivity index (χ4v) is 1.60. The molecule has 0 saturated carbocycles. The van der Waals surface area contributed by atoms with Crippen molar-refractivity contribution >= 4 is 17.6 Å². The van der Waals surface area contributed by atoms with E-state index in [9.17, 15) is 22.8 Å². The highest BCUT2D eigenvalue weighted by atomic mass is 19.4. The quantitative estimate of drug-likeness (QED) is 0.834. The Balaban J connectivity index is 2.32. The van der Waals surface area contributed by atoms with E-state index in [4.69, 9.17) is 0 Å². The number of hydroxylamine groups is 1. The second kappa shape index (κ2) is 4.88. The molecule has 0 fully saturated rings. The molecule has 1 aliphatic rings. The maximum atomic E-state index is 12.2. The van der Waals surface area contributed by atoms with Gasteiger partial charge in [-0.3, -0.25) is 4.79 Å². The van der Waals surface area contributed by atoms with Gasteiger partial charge in [-0.2, -0.15) is 13.2 Å². The van der Waals surface area contributed by atoms with Crippen molar-refractivity contribution in [3.63, 3.8) is 0 Å². The van der Waals surface area contributed by atoms with Crippen LogP contribution in [0, 0.1) is 0 Å². The van der Waals surface area contributed by atoms with Crippen LogP contribution in [0.5, 0.6) is 0 Å². The van der Waals surface area contributed by atoms with Gasteiger partial charge in [0.25, 0.3) is 5.91 Å². The summed E-state index contributed by atoms with van der Waals surface area (Å²) < 4.78 is 36.5. The third kappa shape index (κ3) is 2.84. The average Bonchev–Trinajstić information content (AvgIpc) is 2.49. The first kappa shape index (κ1) is 13.3. The maximum Gasteiger partial charge on any atom is 0.493 e. The first-order chi connectivity index (χ1) is 8.89. The molecule has 0 aromatic heterocycles. The van der Waals surface area contributed by atoms with Crippen molar-refractivity contribution in [2.45, 2.75) is 12.7 Å². The van der Waals surface area contributed by atoms with E-state index in [1.165, 1.54) is 12.1 Å². The zero-order valence-corrected chi connectivity index (χ0v) is 9.53. The van der Waals surface area contributed by atoms with E-state index in [0.717, 1.165) is 0 Å². The van der Waals surface area contributed by atoms with Crippen molar-refractivity contribution in [2.75, 3.05) is 11.6 Å². The Morgan fingerprint density at radius 2 is 1.95 bits per heavy atom. The van der Waals surface area contributed by atoms with Crippen molar-refractivity contribution < 1.29 is 27.6 Å². The number of hydrogen-bond acceptors (Lipinski definition) is 4. The van der Waals surface area contributed by atoms with E-state index in [-0.39, 0.29) is 12.2 Å². The van der Waals surface area contributed by atoms with E-state index in [1.54, 1.807) is 12.1 Å². The van der Waals surface area contributed by atoms with E-state index < -0.39 is 18.1 Å². The Kier molecular flexibility index (Phi) is 3.43. The number of hydrogen-bond donors (Lipinski definition) is 1. The number of para-hydroxylation sites is 1. The predicted octanol–water partition coefficient (Wildman–Crippen LogP) is 1.14. The third-order valence-corrected chi connectivity index (χ3v) is 2.43. The summed E-state index contributed by atoms with van der Waals surface area (Å²) in [5.41, 5.74) is 0.679. The molecule has 1 N–H and O–H groups in total. The van der Waals surface area contributed by atoms with E-state index in [1.807, 2.05) is 0 Å². The van der Waals surface area contributed by atoms with Crippen LogP contribution in [0.4, 0.5) is 18.9 Å². The predicted molar refractivity (Wildman–Crippen MR) is 57.8 cm³/mol. The molecule has 0 unspecified atom stereocenters. The van der Waals surface area contributed by atoms with Gasteiger partial charge < -0.3 is 10.2 Å². The third-order valence-electron chi connectivity index (χ3n) is 2.43. The Labute approximate surface area is 105 Å². The monoisotopic (exact) mass is 274 g/mol. The maximum absolute atomic E-state index is 12.2. The van der Waals surface area contributed by atoms with Crippen LogP contribution in [0.1, 0.15) is 5.56 Å². The van der Waals surface area contributed by atoms with Gasteiger partial charge in [0.05, 0.1) is 12.2 Å². The summed E-state index contributed by atoms with van der Waals surface area (Å²) in [6.45, 7) is 0.0712. The van der Waals surface area contributed by atoms with Gasteiger partial charge in [0, 0.05) is 6.54 Å². The first-order valence-corrected chi connectivity index (χ1v) is 5.30. The summed E-state index contributed by atoms with van der Waals surface area (Å²) in [4.78, 5) is 26.7. The second-order valence-electron chi connectivity index (χ2n) is 3.80. The Bertz CT molecular complexity index is 516. The fraction of sp³-hybridized carbons (Fsp3) is 0.273. The lowest BCUT2D eigenvalue weighted by Gasteiger charge is -2.21. The van der Waals surface area contributed by atoms with Crippen molar-refractivity contribution in [3.05, 3.63) is 29.8 Å². The van der Waals surface area contributed by atoms with Crippen LogP contribution >= 0.6 is 0 Å². The molecular formula is C11H9F3N2O3. The molecule has 1 aromatic rings. The number of nitrogens with zero attached hydrogens (tertiary/aromatic N) is 1. The Morgan fingerprint density at radius 1 is 1.26 bits per heavy atom. The molecule has 1 aromatic carbocycles. The summed E-state index contributed by atoms with van der Waals surface area (Å²) in [6, 6.07) is 6.23. The minimum absolute atomic E-state index is 0.120. The molecule has 19 heavy (non-hydrogen) atoms. The van der Waals surface area contributed by atoms with Crippen molar-refractivity contribution in [1.82, 2.24) is 5.32 Å². The summed E-state index contributed by atoms with van der Waals surface area (Å²) in [5.74, 6) is -3.21. The average molecular weight is 274 g/mol. The summed E-state index contributed by atoms with van der Waals surface area (Å²) in [6.07, 6.45) is -5.16. The molecule has 5 nitrogen and oxygen atoms in total. The zero-order chi connectivity index (χ0) is 14.0. The molecule has 1 amide bonds. The molecule has 0 spiro atoms. The fourth-order valence-electron chi connectivity index (χ4n) is 1.60. The molecule has 0 bridgehead atoms. The van der Waals surface area contributed by atoms with Crippen molar-refractivity contribution in [3.8, 4) is 0 Å². The number of nitrogens with one attached hydrogen (secondary N) is 1. The number of rotatable bonds is 1. The molecule has 0 atom stereocenters. The molecule has 0 saturated heterocycles. The topological polar surface area (TPSA) is 58.6 Å². The van der Waals surface area contributed by atoms with Crippen LogP contribution in [-0.2, 0) is 21.0 Å². The highest BCUT2D eigenvalue weighted by Gasteiger charge is 2.44. The van der Waals surface area contributed by atoms with Gasteiger partial charge in [-0.05, 0) is 11.6 Å². The van der Waals surface area contributed by atoms with Crippen LogP contribution in [0.15, 0.2) is 24.3 Å². The van der Waals surface area contributed by atoms with E-state index in [2.05, 4.69) is 10.2 Å². The molecule has 1 heterocycles. The number of carbonyl (C=O) groups is 2. The number of carbonyl (C=O) groups excluding carboxylic acids is 2. The molecule has 0 aliphatic carbocycles. The lowest BCUT2D eigenvalue weighted by atomic mass is 10.2. The molecule has 0 radical (unpaired) electrons. The number of alkyl halides is 3. The summed E-state index contributed by atoms with van der Waals surface area (Å²) >= 11 is 0. The molecule has 102 valence electrons. The normalized spacial score (nSPS) is 15.7. The van der Waals surface area contributed by atoms with Crippen LogP contribution < -0.4 is 10.4 Å². The zero-order valence-electron chi connectivity index (χ0n) is 9.53. The van der Waals surface area contributed by atoms with Gasteiger partial charge in [-0.1, -0.05) is 18.2 Å². The highest BCUT2D eigenvalue weighted by Crippen LogP contribution is 2.25. The Hall–Kier alpha value is -2.09. The lowest BCUT2D eigenvalue weighted by Crippen LogP contribution is -2.41. The molecular weight excluding hydrogens is 265 g/mol. The number of anilines is 1.